The molecule has 0 aromatic heterocycles. The molecule has 19 heavy (non-hydrogen) atoms. The summed E-state index contributed by atoms with van der Waals surface area (Å²) in [5.41, 5.74) is -0.377. The number of carbonyl (C=O) groups is 1. The highest BCUT2D eigenvalue weighted by molar-refractivity contribution is 5.77. The van der Waals surface area contributed by atoms with E-state index in [1.54, 1.807) is 0 Å². The predicted octanol–water partition coefficient (Wildman–Crippen LogP) is 2.03. The topological polar surface area (TPSA) is 81.5 Å². The molecule has 0 aliphatic carbocycles. The molecule has 0 saturated carbocycles. The zero-order valence-corrected chi connectivity index (χ0v) is 10.7. The number of carbonyl (C=O) groups excluding carboxylic acids is 1. The lowest BCUT2D eigenvalue weighted by molar-refractivity contribution is -0.385. The van der Waals surface area contributed by atoms with Crippen molar-refractivity contribution in [3.63, 3.8) is 0 Å². The first-order chi connectivity index (χ1) is 8.93. The Kier molecular flexibility index (Phi) is 5.23. The van der Waals surface area contributed by atoms with Crippen molar-refractivity contribution in [2.45, 2.75) is 26.3 Å². The summed E-state index contributed by atoms with van der Waals surface area (Å²) < 4.78 is 18.0. The molecule has 1 amide bonds. The van der Waals surface area contributed by atoms with Crippen LogP contribution in [0.2, 0.25) is 0 Å². The maximum absolute atomic E-state index is 13.0. The molecule has 1 atom stereocenters. The number of nitro benzene ring substituents is 1. The molecule has 0 radical (unpaired) electrons. The molecule has 6 nitrogen and oxygen atoms in total. The van der Waals surface area contributed by atoms with Gasteiger partial charge in [0.1, 0.15) is 5.82 Å². The summed E-state index contributed by atoms with van der Waals surface area (Å²) in [5.74, 6) is -1.33. The number of benzene rings is 1. The number of halogens is 1. The molecule has 1 aromatic carbocycles. The third-order valence-corrected chi connectivity index (χ3v) is 2.50. The molecule has 1 unspecified atom stereocenters. The van der Waals surface area contributed by atoms with Crippen LogP contribution in [0.25, 0.3) is 0 Å². The first-order valence-corrected chi connectivity index (χ1v) is 5.80. The highest BCUT2D eigenvalue weighted by atomic mass is 19.1. The summed E-state index contributed by atoms with van der Waals surface area (Å²) in [6, 6.07) is 2.83. The quantitative estimate of drug-likeness (QED) is 0.633. The molecule has 1 rings (SSSR count). The van der Waals surface area contributed by atoms with Gasteiger partial charge < -0.3 is 10.1 Å². The molecule has 1 N–H and O–H groups in total. The lowest BCUT2D eigenvalue weighted by Gasteiger charge is -2.12. The van der Waals surface area contributed by atoms with Crippen LogP contribution < -0.4 is 10.1 Å². The van der Waals surface area contributed by atoms with Crippen LogP contribution >= 0.6 is 0 Å². The first kappa shape index (κ1) is 14.9. The molecule has 0 aliphatic rings. The number of nitro groups is 1. The third kappa shape index (κ3) is 4.53. The largest absolute Gasteiger partial charge is 0.477 e. The lowest BCUT2D eigenvalue weighted by atomic mass is 10.2. The van der Waals surface area contributed by atoms with Crippen molar-refractivity contribution in [1.29, 1.82) is 0 Å². The maximum atomic E-state index is 13.0. The number of amides is 1. The smallest absolute Gasteiger partial charge is 0.311 e. The van der Waals surface area contributed by atoms with Gasteiger partial charge in [-0.05, 0) is 19.4 Å². The Morgan fingerprint density at radius 3 is 2.84 bits per heavy atom. The number of hydrogen-bond acceptors (Lipinski definition) is 4. The van der Waals surface area contributed by atoms with Crippen molar-refractivity contribution in [1.82, 2.24) is 5.32 Å². The Morgan fingerprint density at radius 1 is 1.58 bits per heavy atom. The van der Waals surface area contributed by atoms with Crippen LogP contribution in [0.5, 0.6) is 5.75 Å². The molecule has 0 fully saturated rings. The van der Waals surface area contributed by atoms with E-state index in [0.717, 1.165) is 24.6 Å². The minimum atomic E-state index is -0.693. The van der Waals surface area contributed by atoms with Gasteiger partial charge in [-0.2, -0.15) is 0 Å². The average molecular weight is 270 g/mol. The van der Waals surface area contributed by atoms with Gasteiger partial charge in [-0.3, -0.25) is 14.9 Å². The van der Waals surface area contributed by atoms with E-state index in [-0.39, 0.29) is 17.5 Å². The van der Waals surface area contributed by atoms with Crippen LogP contribution in [-0.2, 0) is 4.79 Å². The normalized spacial score (nSPS) is 11.7. The second-order valence-electron chi connectivity index (χ2n) is 4.03. The van der Waals surface area contributed by atoms with Crippen LogP contribution in [0.3, 0.4) is 0 Å². The van der Waals surface area contributed by atoms with Gasteiger partial charge in [-0.25, -0.2) is 4.39 Å². The summed E-state index contributed by atoms with van der Waals surface area (Å²) in [5, 5.41) is 13.3. The highest BCUT2D eigenvalue weighted by Gasteiger charge is 2.17. The molecule has 1 aromatic rings. The Labute approximate surface area is 109 Å². The van der Waals surface area contributed by atoms with E-state index >= 15 is 0 Å². The fraction of sp³-hybridized carbons (Fsp3) is 0.417. The zero-order valence-electron chi connectivity index (χ0n) is 10.7. The molecular weight excluding hydrogens is 255 g/mol. The van der Waals surface area contributed by atoms with Crippen molar-refractivity contribution < 1.29 is 18.8 Å². The fourth-order valence-corrected chi connectivity index (χ4v) is 1.32. The van der Waals surface area contributed by atoms with Gasteiger partial charge in [-0.15, -0.1) is 0 Å². The SMILES string of the molecule is CCC(C)NC(=O)COc1cc(F)ccc1[N+](=O)[O-]. The Morgan fingerprint density at radius 2 is 2.26 bits per heavy atom. The van der Waals surface area contributed by atoms with E-state index in [9.17, 15) is 19.3 Å². The summed E-state index contributed by atoms with van der Waals surface area (Å²) in [4.78, 5) is 21.5. The molecule has 7 heteroatoms. The van der Waals surface area contributed by atoms with E-state index in [2.05, 4.69) is 5.32 Å². The molecule has 0 saturated heterocycles. The number of nitrogens with one attached hydrogen (secondary N) is 1. The Balaban J connectivity index is 2.69. The van der Waals surface area contributed by atoms with Gasteiger partial charge in [0, 0.05) is 18.2 Å². The standard InChI is InChI=1S/C12H15FN2O4/c1-3-8(2)14-12(16)7-19-11-6-9(13)4-5-10(11)15(17)18/h4-6,8H,3,7H2,1-2H3,(H,14,16). The van der Waals surface area contributed by atoms with Crippen LogP contribution in [0.1, 0.15) is 20.3 Å². The van der Waals surface area contributed by atoms with Gasteiger partial charge in [-0.1, -0.05) is 6.92 Å². The second-order valence-corrected chi connectivity index (χ2v) is 4.03. The number of rotatable bonds is 6. The van der Waals surface area contributed by atoms with Gasteiger partial charge >= 0.3 is 5.69 Å². The summed E-state index contributed by atoms with van der Waals surface area (Å²) in [6.45, 7) is 3.33. The van der Waals surface area contributed by atoms with Crippen LogP contribution in [-0.4, -0.2) is 23.5 Å². The zero-order chi connectivity index (χ0) is 14.4. The molecule has 0 aliphatic heterocycles. The van der Waals surface area contributed by atoms with E-state index in [4.69, 9.17) is 4.74 Å². The van der Waals surface area contributed by atoms with Crippen LogP contribution in [0.4, 0.5) is 10.1 Å². The van der Waals surface area contributed by atoms with Gasteiger partial charge in [0.25, 0.3) is 5.91 Å². The Hall–Kier alpha value is -2.18. The molecule has 104 valence electrons. The van der Waals surface area contributed by atoms with Crippen molar-refractivity contribution in [3.05, 3.63) is 34.1 Å². The number of ether oxygens (including phenoxy) is 1. The van der Waals surface area contributed by atoms with E-state index in [0.29, 0.717) is 0 Å². The van der Waals surface area contributed by atoms with Crippen molar-refractivity contribution in [3.8, 4) is 5.75 Å². The summed E-state index contributed by atoms with van der Waals surface area (Å²) >= 11 is 0. The second kappa shape index (κ2) is 6.67. The number of hydrogen-bond donors (Lipinski definition) is 1. The Bertz CT molecular complexity index is 479. The third-order valence-electron chi connectivity index (χ3n) is 2.50. The molecular formula is C12H15FN2O4. The fourth-order valence-electron chi connectivity index (χ4n) is 1.32. The van der Waals surface area contributed by atoms with Crippen molar-refractivity contribution >= 4 is 11.6 Å². The average Bonchev–Trinajstić information content (AvgIpc) is 2.35. The minimum absolute atomic E-state index is 0.0152. The van der Waals surface area contributed by atoms with Crippen LogP contribution in [0, 0.1) is 15.9 Å². The maximum Gasteiger partial charge on any atom is 0.311 e. The number of nitrogens with zero attached hydrogens (tertiary/aromatic N) is 1. The van der Waals surface area contributed by atoms with Gasteiger partial charge in [0.15, 0.2) is 6.61 Å². The van der Waals surface area contributed by atoms with Crippen molar-refractivity contribution in [2.24, 2.45) is 0 Å². The molecule has 0 bridgehead atoms. The first-order valence-electron chi connectivity index (χ1n) is 5.80. The summed E-state index contributed by atoms with van der Waals surface area (Å²) in [7, 11) is 0. The van der Waals surface area contributed by atoms with Gasteiger partial charge in [0.2, 0.25) is 5.75 Å². The van der Waals surface area contributed by atoms with Crippen LogP contribution in [0.15, 0.2) is 18.2 Å². The van der Waals surface area contributed by atoms with Crippen molar-refractivity contribution in [2.75, 3.05) is 6.61 Å². The minimum Gasteiger partial charge on any atom is -0.477 e. The predicted molar refractivity (Wildman–Crippen MR) is 66.4 cm³/mol. The van der Waals surface area contributed by atoms with E-state index in [1.807, 2.05) is 13.8 Å². The lowest BCUT2D eigenvalue weighted by Crippen LogP contribution is -2.35. The van der Waals surface area contributed by atoms with E-state index in [1.165, 1.54) is 0 Å². The summed E-state index contributed by atoms with van der Waals surface area (Å²) in [6.07, 6.45) is 0.756. The van der Waals surface area contributed by atoms with Gasteiger partial charge in [0.05, 0.1) is 4.92 Å². The van der Waals surface area contributed by atoms with E-state index < -0.39 is 23.3 Å². The molecule has 0 heterocycles. The highest BCUT2D eigenvalue weighted by Crippen LogP contribution is 2.27. The monoisotopic (exact) mass is 270 g/mol. The molecule has 0 spiro atoms.